The fourth-order valence-corrected chi connectivity index (χ4v) is 7.33. The van der Waals surface area contributed by atoms with Gasteiger partial charge in [0, 0.05) is 22.7 Å². The quantitative estimate of drug-likeness (QED) is 0.143. The number of hydrogen-bond donors (Lipinski definition) is 4. The van der Waals surface area contributed by atoms with Crippen molar-refractivity contribution >= 4 is 60.3 Å². The van der Waals surface area contributed by atoms with Crippen molar-refractivity contribution < 1.29 is 33.1 Å². The van der Waals surface area contributed by atoms with Crippen LogP contribution >= 0.6 is 11.6 Å². The van der Waals surface area contributed by atoms with Crippen LogP contribution in [-0.2, 0) is 20.6 Å². The lowest BCUT2D eigenvalue weighted by Crippen LogP contribution is -2.54. The number of nitrogens with zero attached hydrogens (tertiary/aromatic N) is 4. The van der Waals surface area contributed by atoms with Crippen molar-refractivity contribution in [1.82, 2.24) is 24.9 Å². The largest absolute Gasteiger partial charge is 0.465 e. The molecular formula is C36H53ClFN7O6Si. The van der Waals surface area contributed by atoms with Crippen molar-refractivity contribution in [1.29, 1.82) is 0 Å². The van der Waals surface area contributed by atoms with Crippen LogP contribution in [0.3, 0.4) is 0 Å². The number of likely N-dealkylation sites (N-methyl/N-ethyl adjacent to an activating group) is 1. The van der Waals surface area contributed by atoms with Gasteiger partial charge in [0.15, 0.2) is 14.0 Å². The SMILES string of the molecule is C[C@H](CO[Si](C)(C)C(C)(C)C)N(CC(=O)N[C@@H](c1cccc(Cl)c1F)C(N(C)C)C(C)(C)C)C(=O)Cn1nc(C(N)=O)c2cc(NC(=O)O)ccc21. The number of amides is 4. The van der Waals surface area contributed by atoms with Gasteiger partial charge in [-0.3, -0.25) is 24.4 Å². The molecule has 16 heteroatoms. The summed E-state index contributed by atoms with van der Waals surface area (Å²) >= 11 is 6.20. The molecule has 4 amide bonds. The third kappa shape index (κ3) is 10.1. The van der Waals surface area contributed by atoms with Crippen molar-refractivity contribution in [2.24, 2.45) is 11.1 Å². The minimum atomic E-state index is -2.27. The standard InChI is InChI=1S/C36H53ClFN7O6Si/c1-21(20-51-52(10,11)36(5,6)7)44(28(47)19-45-26-16-15-22(40-34(49)50)17-24(26)31(42-45)33(39)48)18-27(46)41-30(32(43(8)9)35(2,3)4)23-13-12-14-25(37)29(23)38/h12-17,21,30,32,40H,18-20H2,1-11H3,(H2,39,48)(H,41,46)(H,49,50)/t21-,30+,32?/m1/s1. The molecule has 0 bridgehead atoms. The zero-order chi connectivity index (χ0) is 39.5. The molecule has 0 radical (unpaired) electrons. The van der Waals surface area contributed by atoms with Crippen LogP contribution < -0.4 is 16.4 Å². The number of carbonyl (C=O) groups excluding carboxylic acids is 3. The molecule has 1 aromatic heterocycles. The number of fused-ring (bicyclic) bond motifs is 1. The Hall–Kier alpha value is -4.05. The summed E-state index contributed by atoms with van der Waals surface area (Å²) in [5.74, 6) is -2.57. The zero-order valence-corrected chi connectivity index (χ0v) is 33.7. The smallest absolute Gasteiger partial charge is 0.409 e. The predicted octanol–water partition coefficient (Wildman–Crippen LogP) is 6.09. The summed E-state index contributed by atoms with van der Waals surface area (Å²) in [6.07, 6.45) is -1.30. The molecule has 13 nitrogen and oxygen atoms in total. The minimum absolute atomic E-state index is 0.0796. The van der Waals surface area contributed by atoms with Gasteiger partial charge in [-0.1, -0.05) is 65.3 Å². The molecule has 3 aromatic rings. The number of carbonyl (C=O) groups is 4. The van der Waals surface area contributed by atoms with E-state index in [1.165, 1.54) is 33.8 Å². The molecule has 3 atom stereocenters. The van der Waals surface area contributed by atoms with E-state index in [1.807, 2.05) is 39.8 Å². The maximum absolute atomic E-state index is 15.6. The molecule has 0 spiro atoms. The van der Waals surface area contributed by atoms with Gasteiger partial charge < -0.3 is 30.4 Å². The van der Waals surface area contributed by atoms with Crippen LogP contribution in [0.2, 0.25) is 23.2 Å². The molecule has 2 aromatic carbocycles. The fourth-order valence-electron chi connectivity index (χ4n) is 6.06. The van der Waals surface area contributed by atoms with Gasteiger partial charge in [0.05, 0.1) is 35.8 Å². The van der Waals surface area contributed by atoms with Crippen LogP contribution in [0.1, 0.15) is 70.6 Å². The average Bonchev–Trinajstić information content (AvgIpc) is 3.35. The number of rotatable bonds is 14. The first-order chi connectivity index (χ1) is 23.8. The topological polar surface area (TPSA) is 172 Å². The lowest BCUT2D eigenvalue weighted by atomic mass is 9.79. The van der Waals surface area contributed by atoms with Crippen molar-refractivity contribution in [3.05, 3.63) is 58.5 Å². The predicted molar refractivity (Wildman–Crippen MR) is 203 cm³/mol. The van der Waals surface area contributed by atoms with Gasteiger partial charge in [-0.05, 0) is 68.8 Å². The third-order valence-corrected chi connectivity index (χ3v) is 14.4. The van der Waals surface area contributed by atoms with Gasteiger partial charge in [-0.25, -0.2) is 9.18 Å². The number of hydrogen-bond acceptors (Lipinski definition) is 7. The number of benzene rings is 2. The first kappa shape index (κ1) is 42.4. The van der Waals surface area contributed by atoms with E-state index >= 15 is 4.39 Å². The number of carboxylic acid groups (broad SMARTS) is 1. The summed E-state index contributed by atoms with van der Waals surface area (Å²) in [5.41, 5.74) is 5.75. The van der Waals surface area contributed by atoms with E-state index < -0.39 is 68.0 Å². The van der Waals surface area contributed by atoms with Crippen LogP contribution in [0.15, 0.2) is 36.4 Å². The van der Waals surface area contributed by atoms with E-state index in [-0.39, 0.29) is 45.5 Å². The second kappa shape index (κ2) is 16.3. The summed E-state index contributed by atoms with van der Waals surface area (Å²) in [5, 5.41) is 18.8. The highest BCUT2D eigenvalue weighted by Gasteiger charge is 2.40. The Morgan fingerprint density at radius 2 is 1.73 bits per heavy atom. The lowest BCUT2D eigenvalue weighted by Gasteiger charge is -2.42. The summed E-state index contributed by atoms with van der Waals surface area (Å²) in [7, 11) is 1.43. The molecule has 0 aliphatic carbocycles. The second-order valence-electron chi connectivity index (χ2n) is 15.9. The Kier molecular flexibility index (Phi) is 13.3. The average molecular weight is 762 g/mol. The summed E-state index contributed by atoms with van der Waals surface area (Å²) in [4.78, 5) is 55.2. The van der Waals surface area contributed by atoms with Gasteiger partial charge in [0.1, 0.15) is 12.4 Å². The first-order valence-corrected chi connectivity index (χ1v) is 20.3. The van der Waals surface area contributed by atoms with Crippen LogP contribution in [0, 0.1) is 11.2 Å². The lowest BCUT2D eigenvalue weighted by molar-refractivity contribution is -0.139. The van der Waals surface area contributed by atoms with Crippen LogP contribution in [0.25, 0.3) is 10.9 Å². The normalized spacial score (nSPS) is 14.2. The molecule has 286 valence electrons. The molecule has 0 saturated carbocycles. The number of anilines is 1. The Balaban J connectivity index is 2.05. The minimum Gasteiger partial charge on any atom is -0.465 e. The van der Waals surface area contributed by atoms with Crippen molar-refractivity contribution in [3.8, 4) is 0 Å². The third-order valence-electron chi connectivity index (χ3n) is 9.57. The number of nitrogens with two attached hydrogens (primary N) is 1. The van der Waals surface area contributed by atoms with Gasteiger partial charge >= 0.3 is 6.09 Å². The van der Waals surface area contributed by atoms with Crippen molar-refractivity contribution in [2.75, 3.05) is 32.6 Å². The van der Waals surface area contributed by atoms with Gasteiger partial charge in [0.25, 0.3) is 5.91 Å². The zero-order valence-electron chi connectivity index (χ0n) is 31.9. The molecule has 5 N–H and O–H groups in total. The second-order valence-corrected chi connectivity index (χ2v) is 21.2. The van der Waals surface area contributed by atoms with E-state index in [0.717, 1.165) is 0 Å². The van der Waals surface area contributed by atoms with E-state index in [0.29, 0.717) is 5.52 Å². The fraction of sp³-hybridized carbons (Fsp3) is 0.528. The number of halogens is 2. The number of primary amides is 1. The van der Waals surface area contributed by atoms with E-state index in [1.54, 1.807) is 19.1 Å². The highest BCUT2D eigenvalue weighted by atomic mass is 35.5. The Labute approximate surface area is 311 Å². The van der Waals surface area contributed by atoms with Gasteiger partial charge in [-0.2, -0.15) is 5.10 Å². The van der Waals surface area contributed by atoms with Gasteiger partial charge in [-0.15, -0.1) is 0 Å². The summed E-state index contributed by atoms with van der Waals surface area (Å²) < 4.78 is 23.4. The highest BCUT2D eigenvalue weighted by molar-refractivity contribution is 6.74. The first-order valence-electron chi connectivity index (χ1n) is 17.0. The van der Waals surface area contributed by atoms with E-state index in [9.17, 15) is 19.2 Å². The molecule has 0 fully saturated rings. The van der Waals surface area contributed by atoms with E-state index in [4.69, 9.17) is 26.9 Å². The van der Waals surface area contributed by atoms with Crippen molar-refractivity contribution in [2.45, 2.75) is 91.3 Å². The number of nitrogens with one attached hydrogen (secondary N) is 2. The summed E-state index contributed by atoms with van der Waals surface area (Å²) in [6, 6.07) is 7.22. The molecule has 0 saturated heterocycles. The maximum atomic E-state index is 15.6. The molecule has 52 heavy (non-hydrogen) atoms. The van der Waals surface area contributed by atoms with Crippen LogP contribution in [0.4, 0.5) is 14.9 Å². The Bertz CT molecular complexity index is 1800. The molecule has 1 unspecified atom stereocenters. The molecule has 0 aliphatic heterocycles. The summed E-state index contributed by atoms with van der Waals surface area (Å²) in [6.45, 7) is 17.6. The monoisotopic (exact) mass is 761 g/mol. The molecule has 3 rings (SSSR count). The van der Waals surface area contributed by atoms with Gasteiger partial charge in [0.2, 0.25) is 11.8 Å². The molecule has 0 aliphatic rings. The Morgan fingerprint density at radius 1 is 1.10 bits per heavy atom. The molecule has 1 heterocycles. The highest BCUT2D eigenvalue weighted by Crippen LogP contribution is 2.37. The van der Waals surface area contributed by atoms with E-state index in [2.05, 4.69) is 49.6 Å². The number of aromatic nitrogens is 2. The molecular weight excluding hydrogens is 709 g/mol. The maximum Gasteiger partial charge on any atom is 0.409 e. The van der Waals surface area contributed by atoms with Crippen LogP contribution in [-0.4, -0.2) is 96.1 Å². The van der Waals surface area contributed by atoms with Crippen LogP contribution in [0.5, 0.6) is 0 Å². The van der Waals surface area contributed by atoms with Crippen molar-refractivity contribution in [3.63, 3.8) is 0 Å². The Morgan fingerprint density at radius 3 is 2.27 bits per heavy atom.